The Balaban J connectivity index is 4.47. The first kappa shape index (κ1) is 54.9. The standard InChI is InChI=1S/C52H88O6/c1-4-7-10-13-16-19-22-24-25-26-27-28-31-33-36-39-42-45-51(54)57-48-49(47-56-50(53)44-41-38-35-32-29-21-18-15-12-9-6-3)58-52(55)46-43-40-37-34-30-23-20-17-14-11-8-5-2/h7,10,16-17,19-20,24-25,27-28,33,36,49H,4-6,8-9,11-15,18,21-23,26,29-32,34-35,37-48H2,1-3H3/b10-7-,19-16-,20-17-,25-24-,28-27-,36-33-. The van der Waals surface area contributed by atoms with Gasteiger partial charge in [-0.3, -0.25) is 14.4 Å². The van der Waals surface area contributed by atoms with E-state index in [1.807, 2.05) is 0 Å². The van der Waals surface area contributed by atoms with Crippen LogP contribution in [0.4, 0.5) is 0 Å². The summed E-state index contributed by atoms with van der Waals surface area (Å²) in [5.41, 5.74) is 0. The van der Waals surface area contributed by atoms with E-state index in [0.29, 0.717) is 19.3 Å². The van der Waals surface area contributed by atoms with E-state index >= 15 is 0 Å². The summed E-state index contributed by atoms with van der Waals surface area (Å²) in [5, 5.41) is 0. The van der Waals surface area contributed by atoms with Gasteiger partial charge in [0.05, 0.1) is 0 Å². The van der Waals surface area contributed by atoms with E-state index < -0.39 is 6.10 Å². The highest BCUT2D eigenvalue weighted by atomic mass is 16.6. The van der Waals surface area contributed by atoms with Crippen LogP contribution in [-0.2, 0) is 28.6 Å². The first-order valence-corrected chi connectivity index (χ1v) is 23.9. The van der Waals surface area contributed by atoms with E-state index in [-0.39, 0.29) is 37.5 Å². The molecular weight excluding hydrogens is 721 g/mol. The Morgan fingerprint density at radius 1 is 0.362 bits per heavy atom. The number of hydrogen-bond acceptors (Lipinski definition) is 6. The van der Waals surface area contributed by atoms with E-state index in [1.165, 1.54) is 83.5 Å². The average Bonchev–Trinajstić information content (AvgIpc) is 3.22. The Morgan fingerprint density at radius 3 is 1.17 bits per heavy atom. The van der Waals surface area contributed by atoms with E-state index in [1.54, 1.807) is 0 Å². The first-order chi connectivity index (χ1) is 28.5. The van der Waals surface area contributed by atoms with Crippen molar-refractivity contribution in [2.45, 2.75) is 226 Å². The number of unbranched alkanes of at least 4 members (excludes halogenated alkanes) is 19. The maximum atomic E-state index is 12.7. The number of ether oxygens (including phenoxy) is 3. The van der Waals surface area contributed by atoms with Crippen molar-refractivity contribution in [3.8, 4) is 0 Å². The number of allylic oxidation sites excluding steroid dienone is 12. The molecule has 0 radical (unpaired) electrons. The summed E-state index contributed by atoms with van der Waals surface area (Å²) < 4.78 is 16.7. The molecule has 332 valence electrons. The van der Waals surface area contributed by atoms with Crippen LogP contribution in [0.3, 0.4) is 0 Å². The van der Waals surface area contributed by atoms with Crippen molar-refractivity contribution >= 4 is 17.9 Å². The monoisotopic (exact) mass is 809 g/mol. The molecule has 0 heterocycles. The normalized spacial score (nSPS) is 12.7. The average molecular weight is 809 g/mol. The Kier molecular flexibility index (Phi) is 44.0. The summed E-state index contributed by atoms with van der Waals surface area (Å²) in [5.74, 6) is -0.969. The molecule has 0 spiro atoms. The van der Waals surface area contributed by atoms with Gasteiger partial charge < -0.3 is 14.2 Å². The van der Waals surface area contributed by atoms with Crippen molar-refractivity contribution in [1.29, 1.82) is 0 Å². The SMILES string of the molecule is CC/C=C\C/C=C\C/C=C\C/C=C\C/C=C\CCCC(=O)OCC(COC(=O)CCCCCCCCCCCCC)OC(=O)CCCCCCC/C=C\CCCCC. The van der Waals surface area contributed by atoms with Gasteiger partial charge in [-0.15, -0.1) is 0 Å². The molecule has 1 unspecified atom stereocenters. The van der Waals surface area contributed by atoms with Crippen LogP contribution in [0.5, 0.6) is 0 Å². The Labute approximate surface area is 357 Å². The lowest BCUT2D eigenvalue weighted by Gasteiger charge is -2.18. The summed E-state index contributed by atoms with van der Waals surface area (Å²) >= 11 is 0. The molecule has 0 saturated heterocycles. The fraction of sp³-hybridized carbons (Fsp3) is 0.712. The Hall–Kier alpha value is -3.15. The zero-order valence-electron chi connectivity index (χ0n) is 37.8. The van der Waals surface area contributed by atoms with E-state index in [0.717, 1.165) is 89.9 Å². The van der Waals surface area contributed by atoms with Crippen LogP contribution in [0, 0.1) is 0 Å². The summed E-state index contributed by atoms with van der Waals surface area (Å²) in [6.07, 6.45) is 57.4. The molecule has 0 aromatic heterocycles. The van der Waals surface area contributed by atoms with Gasteiger partial charge in [-0.25, -0.2) is 0 Å². The van der Waals surface area contributed by atoms with Crippen LogP contribution >= 0.6 is 0 Å². The van der Waals surface area contributed by atoms with Crippen molar-refractivity contribution in [2.24, 2.45) is 0 Å². The number of esters is 3. The van der Waals surface area contributed by atoms with Gasteiger partial charge in [0.25, 0.3) is 0 Å². The summed E-state index contributed by atoms with van der Waals surface area (Å²) in [7, 11) is 0. The quantitative estimate of drug-likeness (QED) is 0.0264. The predicted octanol–water partition coefficient (Wildman–Crippen LogP) is 15.5. The van der Waals surface area contributed by atoms with Crippen molar-refractivity contribution < 1.29 is 28.6 Å². The highest BCUT2D eigenvalue weighted by Gasteiger charge is 2.19. The third-order valence-corrected chi connectivity index (χ3v) is 9.95. The smallest absolute Gasteiger partial charge is 0.306 e. The molecule has 1 atom stereocenters. The lowest BCUT2D eigenvalue weighted by molar-refractivity contribution is -0.167. The fourth-order valence-electron chi connectivity index (χ4n) is 6.35. The molecule has 0 N–H and O–H groups in total. The second-order valence-electron chi connectivity index (χ2n) is 15.6. The van der Waals surface area contributed by atoms with Gasteiger partial charge in [0, 0.05) is 19.3 Å². The second-order valence-corrected chi connectivity index (χ2v) is 15.6. The highest BCUT2D eigenvalue weighted by molar-refractivity contribution is 5.71. The molecule has 6 nitrogen and oxygen atoms in total. The van der Waals surface area contributed by atoms with Gasteiger partial charge in [-0.1, -0.05) is 190 Å². The molecular formula is C52H88O6. The van der Waals surface area contributed by atoms with Crippen LogP contribution in [0.2, 0.25) is 0 Å². The van der Waals surface area contributed by atoms with Gasteiger partial charge in [0.15, 0.2) is 6.10 Å². The van der Waals surface area contributed by atoms with Crippen LogP contribution in [-0.4, -0.2) is 37.2 Å². The molecule has 6 heteroatoms. The number of hydrogen-bond donors (Lipinski definition) is 0. The molecule has 0 amide bonds. The molecule has 0 aromatic carbocycles. The molecule has 0 aromatic rings. The van der Waals surface area contributed by atoms with Gasteiger partial charge in [0.1, 0.15) is 13.2 Å². The topological polar surface area (TPSA) is 78.9 Å². The first-order valence-electron chi connectivity index (χ1n) is 23.9. The molecule has 0 aliphatic rings. The molecule has 0 bridgehead atoms. The van der Waals surface area contributed by atoms with Crippen molar-refractivity contribution in [1.82, 2.24) is 0 Å². The summed E-state index contributed by atoms with van der Waals surface area (Å²) in [4.78, 5) is 37.8. The summed E-state index contributed by atoms with van der Waals surface area (Å²) in [6.45, 7) is 6.42. The Bertz CT molecular complexity index is 1110. The van der Waals surface area contributed by atoms with Crippen LogP contribution < -0.4 is 0 Å². The minimum absolute atomic E-state index is 0.0954. The lowest BCUT2D eigenvalue weighted by Crippen LogP contribution is -2.30. The van der Waals surface area contributed by atoms with Gasteiger partial charge in [0.2, 0.25) is 0 Å². The number of carbonyl (C=O) groups excluding carboxylic acids is 3. The second kappa shape index (κ2) is 46.5. The predicted molar refractivity (Wildman–Crippen MR) is 247 cm³/mol. The third kappa shape index (κ3) is 44.0. The van der Waals surface area contributed by atoms with Crippen LogP contribution in [0.15, 0.2) is 72.9 Å². The molecule has 0 aliphatic heterocycles. The molecule has 58 heavy (non-hydrogen) atoms. The molecule has 0 rings (SSSR count). The van der Waals surface area contributed by atoms with E-state index in [4.69, 9.17) is 14.2 Å². The fourth-order valence-corrected chi connectivity index (χ4v) is 6.35. The minimum Gasteiger partial charge on any atom is -0.462 e. The lowest BCUT2D eigenvalue weighted by atomic mass is 10.1. The van der Waals surface area contributed by atoms with Crippen molar-refractivity contribution in [3.63, 3.8) is 0 Å². The molecule has 0 aliphatic carbocycles. The Morgan fingerprint density at radius 2 is 0.690 bits per heavy atom. The number of rotatable bonds is 42. The van der Waals surface area contributed by atoms with Crippen molar-refractivity contribution in [2.75, 3.05) is 13.2 Å². The van der Waals surface area contributed by atoms with Gasteiger partial charge in [-0.05, 0) is 83.5 Å². The third-order valence-electron chi connectivity index (χ3n) is 9.95. The molecule has 0 fully saturated rings. The van der Waals surface area contributed by atoms with Gasteiger partial charge >= 0.3 is 17.9 Å². The van der Waals surface area contributed by atoms with Crippen molar-refractivity contribution in [3.05, 3.63) is 72.9 Å². The van der Waals surface area contributed by atoms with Crippen LogP contribution in [0.25, 0.3) is 0 Å². The van der Waals surface area contributed by atoms with Crippen LogP contribution in [0.1, 0.15) is 220 Å². The zero-order chi connectivity index (χ0) is 42.3. The van der Waals surface area contributed by atoms with Gasteiger partial charge in [-0.2, -0.15) is 0 Å². The maximum absolute atomic E-state index is 12.7. The van der Waals surface area contributed by atoms with E-state index in [2.05, 4.69) is 93.7 Å². The van der Waals surface area contributed by atoms with E-state index in [9.17, 15) is 14.4 Å². The molecule has 0 saturated carbocycles. The largest absolute Gasteiger partial charge is 0.462 e. The minimum atomic E-state index is -0.798. The zero-order valence-corrected chi connectivity index (χ0v) is 37.8. The summed E-state index contributed by atoms with van der Waals surface area (Å²) in [6, 6.07) is 0. The maximum Gasteiger partial charge on any atom is 0.306 e. The highest BCUT2D eigenvalue weighted by Crippen LogP contribution is 2.14. The number of carbonyl (C=O) groups is 3.